The number of carbonyl (C=O) groups excluding carboxylic acids is 1. The van der Waals surface area contributed by atoms with Crippen molar-refractivity contribution in [3.05, 3.63) is 35.4 Å². The largest absolute Gasteiger partial charge is 0.323 e. The van der Waals surface area contributed by atoms with Crippen LogP contribution in [0.1, 0.15) is 35.9 Å². The van der Waals surface area contributed by atoms with Gasteiger partial charge in [-0.1, -0.05) is 0 Å². The molecule has 3 aromatic rings. The molecule has 0 radical (unpaired) electrons. The number of carbonyl (C=O) groups is 1. The molecule has 0 aromatic carbocycles. The summed E-state index contributed by atoms with van der Waals surface area (Å²) >= 11 is 0. The van der Waals surface area contributed by atoms with Gasteiger partial charge >= 0.3 is 0 Å². The standard InChI is InChI=1S/C18H19F2N7O/c1-11-8-21-12(2)27-18(11)22-14(24-27)5-6-15-23-16(10-25(15)9-13(19)20)26-7-3-4-17(26)28/h5-6,8,10,13H,3-4,7,9H2,1-2H3/b6-5+. The van der Waals surface area contributed by atoms with Gasteiger partial charge in [0.1, 0.15) is 11.6 Å². The smallest absolute Gasteiger partial charge is 0.256 e. The van der Waals surface area contributed by atoms with Crippen LogP contribution in [0.15, 0.2) is 12.4 Å². The van der Waals surface area contributed by atoms with Crippen molar-refractivity contribution < 1.29 is 13.6 Å². The molecule has 1 aliphatic rings. The van der Waals surface area contributed by atoms with E-state index in [4.69, 9.17) is 0 Å². The van der Waals surface area contributed by atoms with Crippen LogP contribution < -0.4 is 4.90 Å². The zero-order valence-electron chi connectivity index (χ0n) is 15.5. The summed E-state index contributed by atoms with van der Waals surface area (Å²) in [4.78, 5) is 26.5. The number of aryl methyl sites for hydroxylation is 2. The van der Waals surface area contributed by atoms with Gasteiger partial charge in [0.25, 0.3) is 6.43 Å². The number of aromatic nitrogens is 6. The van der Waals surface area contributed by atoms with Crippen LogP contribution >= 0.6 is 0 Å². The summed E-state index contributed by atoms with van der Waals surface area (Å²) in [6.45, 7) is 3.75. The lowest BCUT2D eigenvalue weighted by atomic mass is 10.3. The molecule has 1 aliphatic heterocycles. The molecule has 1 saturated heterocycles. The van der Waals surface area contributed by atoms with E-state index in [1.807, 2.05) is 13.8 Å². The third kappa shape index (κ3) is 3.37. The van der Waals surface area contributed by atoms with Gasteiger partial charge < -0.3 is 4.57 Å². The maximum Gasteiger partial charge on any atom is 0.256 e. The second-order valence-electron chi connectivity index (χ2n) is 6.68. The molecule has 8 nitrogen and oxygen atoms in total. The highest BCUT2D eigenvalue weighted by Crippen LogP contribution is 2.22. The maximum absolute atomic E-state index is 13.0. The van der Waals surface area contributed by atoms with E-state index in [9.17, 15) is 13.6 Å². The molecule has 1 fully saturated rings. The van der Waals surface area contributed by atoms with Crippen molar-refractivity contribution in [3.63, 3.8) is 0 Å². The molecule has 0 atom stereocenters. The molecule has 0 unspecified atom stereocenters. The SMILES string of the molecule is Cc1cnc(C)n2nc(/C=C/c3nc(N4CCCC4=O)cn3CC(F)F)nc12. The van der Waals surface area contributed by atoms with Gasteiger partial charge in [0, 0.05) is 30.9 Å². The van der Waals surface area contributed by atoms with Gasteiger partial charge in [-0.25, -0.2) is 23.7 Å². The molecule has 0 N–H and O–H groups in total. The molecule has 1 amide bonds. The zero-order valence-corrected chi connectivity index (χ0v) is 15.5. The number of halogens is 2. The van der Waals surface area contributed by atoms with Crippen LogP contribution in [-0.2, 0) is 11.3 Å². The minimum absolute atomic E-state index is 0.0438. The normalized spacial score (nSPS) is 15.0. The quantitative estimate of drug-likeness (QED) is 0.672. The summed E-state index contributed by atoms with van der Waals surface area (Å²) in [6.07, 6.45) is 5.07. The number of nitrogens with zero attached hydrogens (tertiary/aromatic N) is 7. The van der Waals surface area contributed by atoms with Crippen LogP contribution in [0.2, 0.25) is 0 Å². The number of anilines is 1. The molecular formula is C18H19F2N7O. The molecule has 4 rings (SSSR count). The van der Waals surface area contributed by atoms with E-state index < -0.39 is 13.0 Å². The van der Waals surface area contributed by atoms with Crippen LogP contribution in [0.5, 0.6) is 0 Å². The van der Waals surface area contributed by atoms with E-state index in [1.165, 1.54) is 15.7 Å². The summed E-state index contributed by atoms with van der Waals surface area (Å²) in [5.74, 6) is 1.78. The lowest BCUT2D eigenvalue weighted by molar-refractivity contribution is -0.117. The van der Waals surface area contributed by atoms with Crippen molar-refractivity contribution >= 4 is 29.5 Å². The van der Waals surface area contributed by atoms with Crippen LogP contribution in [0.3, 0.4) is 0 Å². The van der Waals surface area contributed by atoms with E-state index in [0.717, 1.165) is 12.0 Å². The predicted octanol–water partition coefficient (Wildman–Crippen LogP) is 2.50. The zero-order chi connectivity index (χ0) is 19.8. The van der Waals surface area contributed by atoms with Gasteiger partial charge in [-0.05, 0) is 32.4 Å². The highest BCUT2D eigenvalue weighted by atomic mass is 19.3. The van der Waals surface area contributed by atoms with Crippen molar-refractivity contribution in [2.75, 3.05) is 11.4 Å². The molecule has 4 heterocycles. The number of hydrogen-bond donors (Lipinski definition) is 0. The van der Waals surface area contributed by atoms with Crippen LogP contribution in [-0.4, -0.2) is 48.0 Å². The van der Waals surface area contributed by atoms with Crippen LogP contribution in [0, 0.1) is 13.8 Å². The van der Waals surface area contributed by atoms with Crippen molar-refractivity contribution in [2.24, 2.45) is 0 Å². The Hall–Kier alpha value is -3.17. The fourth-order valence-corrected chi connectivity index (χ4v) is 3.20. The molecule has 146 valence electrons. The minimum atomic E-state index is -2.53. The number of rotatable bonds is 5. The fraction of sp³-hybridized carbons (Fsp3) is 0.389. The summed E-state index contributed by atoms with van der Waals surface area (Å²) < 4.78 is 28.9. The van der Waals surface area contributed by atoms with Gasteiger partial charge in [-0.3, -0.25) is 9.69 Å². The lowest BCUT2D eigenvalue weighted by Gasteiger charge is -2.10. The molecule has 0 spiro atoms. The van der Waals surface area contributed by atoms with Crippen molar-refractivity contribution in [2.45, 2.75) is 39.7 Å². The maximum atomic E-state index is 13.0. The number of fused-ring (bicyclic) bond motifs is 1. The Labute approximate surface area is 159 Å². The number of alkyl halides is 2. The molecule has 3 aromatic heterocycles. The first-order valence-corrected chi connectivity index (χ1v) is 8.95. The highest BCUT2D eigenvalue weighted by Gasteiger charge is 2.25. The summed E-state index contributed by atoms with van der Waals surface area (Å²) in [6, 6.07) is 0. The van der Waals surface area contributed by atoms with Gasteiger partial charge in [0.05, 0.1) is 6.54 Å². The Balaban J connectivity index is 1.68. The lowest BCUT2D eigenvalue weighted by Crippen LogP contribution is -2.23. The van der Waals surface area contributed by atoms with Gasteiger partial charge in [0.2, 0.25) is 5.91 Å². The van der Waals surface area contributed by atoms with Crippen LogP contribution in [0.25, 0.3) is 17.8 Å². The Kier molecular flexibility index (Phi) is 4.62. The molecule has 0 saturated carbocycles. The minimum Gasteiger partial charge on any atom is -0.323 e. The Bertz CT molecular complexity index is 1030. The second-order valence-corrected chi connectivity index (χ2v) is 6.68. The van der Waals surface area contributed by atoms with Crippen molar-refractivity contribution in [1.29, 1.82) is 0 Å². The predicted molar refractivity (Wildman–Crippen MR) is 99.0 cm³/mol. The third-order valence-corrected chi connectivity index (χ3v) is 4.59. The van der Waals surface area contributed by atoms with E-state index in [2.05, 4.69) is 20.1 Å². The van der Waals surface area contributed by atoms with E-state index in [0.29, 0.717) is 41.9 Å². The topological polar surface area (TPSA) is 81.2 Å². The third-order valence-electron chi connectivity index (χ3n) is 4.59. The molecule has 0 aliphatic carbocycles. The number of amides is 1. The second kappa shape index (κ2) is 7.10. The van der Waals surface area contributed by atoms with Crippen molar-refractivity contribution in [3.8, 4) is 0 Å². The van der Waals surface area contributed by atoms with Crippen LogP contribution in [0.4, 0.5) is 14.6 Å². The average Bonchev–Trinajstić information content (AvgIpc) is 3.35. The fourth-order valence-electron chi connectivity index (χ4n) is 3.20. The Morgan fingerprint density at radius 1 is 1.25 bits per heavy atom. The molecule has 10 heteroatoms. The van der Waals surface area contributed by atoms with Gasteiger partial charge in [-0.2, -0.15) is 4.52 Å². The molecule has 0 bridgehead atoms. The number of hydrogen-bond acceptors (Lipinski definition) is 5. The number of imidazole rings is 1. The summed E-state index contributed by atoms with van der Waals surface area (Å²) in [5.41, 5.74) is 1.57. The van der Waals surface area contributed by atoms with Gasteiger partial charge in [-0.15, -0.1) is 5.10 Å². The highest BCUT2D eigenvalue weighted by molar-refractivity contribution is 5.94. The van der Waals surface area contributed by atoms with E-state index in [1.54, 1.807) is 22.9 Å². The van der Waals surface area contributed by atoms with Crippen molar-refractivity contribution in [1.82, 2.24) is 29.1 Å². The Morgan fingerprint density at radius 3 is 2.75 bits per heavy atom. The molecule has 28 heavy (non-hydrogen) atoms. The summed E-state index contributed by atoms with van der Waals surface area (Å²) in [5, 5.41) is 4.38. The Morgan fingerprint density at radius 2 is 2.07 bits per heavy atom. The molecular weight excluding hydrogens is 368 g/mol. The monoisotopic (exact) mass is 387 g/mol. The van der Waals surface area contributed by atoms with Gasteiger partial charge in [0.15, 0.2) is 17.3 Å². The first kappa shape index (κ1) is 18.2. The first-order valence-electron chi connectivity index (χ1n) is 8.95. The first-order chi connectivity index (χ1) is 13.4. The summed E-state index contributed by atoms with van der Waals surface area (Å²) in [7, 11) is 0. The van der Waals surface area contributed by atoms with E-state index >= 15 is 0 Å². The average molecular weight is 387 g/mol. The van der Waals surface area contributed by atoms with E-state index in [-0.39, 0.29) is 5.91 Å².